The molecule has 2 unspecified atom stereocenters. The molecule has 0 aromatic carbocycles. The molecule has 2 atom stereocenters. The Balaban J connectivity index is 0.00000363. The Morgan fingerprint density at radius 3 is 2.62 bits per heavy atom. The second-order valence-electron chi connectivity index (χ2n) is 8.43. The molecule has 2 aliphatic heterocycles. The Morgan fingerprint density at radius 1 is 1.28 bits per heavy atom. The molecule has 9 nitrogen and oxygen atoms in total. The van der Waals surface area contributed by atoms with Gasteiger partial charge in [0.25, 0.3) is 5.91 Å². The van der Waals surface area contributed by atoms with E-state index in [4.69, 9.17) is 4.42 Å². The molecule has 2 aliphatic rings. The van der Waals surface area contributed by atoms with Crippen molar-refractivity contribution in [2.45, 2.75) is 57.5 Å². The van der Waals surface area contributed by atoms with E-state index in [-0.39, 0.29) is 42.0 Å². The van der Waals surface area contributed by atoms with Crippen LogP contribution in [0.3, 0.4) is 0 Å². The Hall–Kier alpha value is -1.82. The topological polar surface area (TPSA) is 102 Å². The molecule has 1 aromatic rings. The minimum Gasteiger partial charge on any atom is -0.468 e. The summed E-state index contributed by atoms with van der Waals surface area (Å²) >= 11 is 0. The first-order valence-corrected chi connectivity index (χ1v) is 11.3. The van der Waals surface area contributed by atoms with E-state index >= 15 is 0 Å². The summed E-state index contributed by atoms with van der Waals surface area (Å²) < 4.78 is 5.70. The molecule has 3 rings (SSSR count). The van der Waals surface area contributed by atoms with Crippen LogP contribution in [0.15, 0.2) is 27.8 Å². The van der Waals surface area contributed by atoms with Crippen molar-refractivity contribution in [1.82, 2.24) is 25.8 Å². The van der Waals surface area contributed by atoms with Gasteiger partial charge in [-0.15, -0.1) is 24.0 Å². The van der Waals surface area contributed by atoms with Crippen LogP contribution in [-0.2, 0) is 4.79 Å². The summed E-state index contributed by atoms with van der Waals surface area (Å²) in [5, 5.41) is 9.47. The van der Waals surface area contributed by atoms with Gasteiger partial charge in [-0.2, -0.15) is 0 Å². The van der Waals surface area contributed by atoms with Crippen LogP contribution < -0.4 is 16.0 Å². The van der Waals surface area contributed by atoms with Gasteiger partial charge in [-0.05, 0) is 57.8 Å². The summed E-state index contributed by atoms with van der Waals surface area (Å²) in [5.74, 6) is 1.51. The number of hydrogen-bond donors (Lipinski definition) is 3. The number of urea groups is 1. The van der Waals surface area contributed by atoms with Crippen molar-refractivity contribution in [1.29, 1.82) is 0 Å². The monoisotopic (exact) mass is 560 g/mol. The van der Waals surface area contributed by atoms with E-state index in [0.29, 0.717) is 38.4 Å². The zero-order chi connectivity index (χ0) is 22.3. The van der Waals surface area contributed by atoms with Gasteiger partial charge >= 0.3 is 6.03 Å². The lowest BCUT2D eigenvalue weighted by Crippen LogP contribution is -2.45. The number of likely N-dealkylation sites (tertiary alicyclic amines) is 1. The molecular weight excluding hydrogens is 523 g/mol. The van der Waals surface area contributed by atoms with Gasteiger partial charge in [0.05, 0.1) is 12.3 Å². The summed E-state index contributed by atoms with van der Waals surface area (Å²) in [6.45, 7) is 7.49. The van der Waals surface area contributed by atoms with Crippen molar-refractivity contribution < 1.29 is 14.0 Å². The highest BCUT2D eigenvalue weighted by molar-refractivity contribution is 14.0. The van der Waals surface area contributed by atoms with Crippen LogP contribution in [-0.4, -0.2) is 73.0 Å². The Bertz CT molecular complexity index is 766. The number of nitrogens with zero attached hydrogens (tertiary/aromatic N) is 3. The number of guanidine groups is 1. The fraction of sp³-hybridized carbons (Fsp3) is 0.682. The third kappa shape index (κ3) is 6.37. The average Bonchev–Trinajstić information content (AvgIpc) is 3.39. The Labute approximate surface area is 207 Å². The quantitative estimate of drug-likeness (QED) is 0.141. The zero-order valence-electron chi connectivity index (χ0n) is 19.4. The van der Waals surface area contributed by atoms with Crippen molar-refractivity contribution in [2.75, 3.05) is 39.8 Å². The third-order valence-corrected chi connectivity index (χ3v) is 6.29. The molecule has 0 spiro atoms. The molecule has 180 valence electrons. The number of imide groups is 1. The maximum atomic E-state index is 12.5. The standard InChI is InChI=1S/C22H36N6O3.HI/c1-4-22(2)19(29)28(21(30)26-22)14-9-11-24-20(23-3)25-16-17(18-10-8-15-31-18)27-12-6-5-7-13-27;/h8,10,15,17H,4-7,9,11-14,16H2,1-3H3,(H,26,30)(H2,23,24,25);1H. The maximum absolute atomic E-state index is 12.5. The van der Waals surface area contributed by atoms with Crippen LogP contribution in [0.5, 0.6) is 0 Å². The zero-order valence-corrected chi connectivity index (χ0v) is 21.7. The number of aliphatic imine (C=N–C) groups is 1. The summed E-state index contributed by atoms with van der Waals surface area (Å²) in [7, 11) is 1.74. The van der Waals surface area contributed by atoms with Gasteiger partial charge in [0.15, 0.2) is 5.96 Å². The van der Waals surface area contributed by atoms with Gasteiger partial charge in [0.2, 0.25) is 0 Å². The molecule has 3 heterocycles. The van der Waals surface area contributed by atoms with E-state index in [2.05, 4.69) is 25.8 Å². The van der Waals surface area contributed by atoms with Crippen molar-refractivity contribution in [3.05, 3.63) is 24.2 Å². The number of halogens is 1. The van der Waals surface area contributed by atoms with Crippen molar-refractivity contribution in [3.63, 3.8) is 0 Å². The van der Waals surface area contributed by atoms with Crippen molar-refractivity contribution in [2.24, 2.45) is 4.99 Å². The number of rotatable bonds is 9. The van der Waals surface area contributed by atoms with Gasteiger partial charge in [-0.1, -0.05) is 13.3 Å². The molecule has 2 fully saturated rings. The SMILES string of the molecule is CCC1(C)NC(=O)N(CCCNC(=NC)NCC(c2ccco2)N2CCCCC2)C1=O.I. The first-order valence-electron chi connectivity index (χ1n) is 11.3. The molecule has 0 radical (unpaired) electrons. The molecule has 2 saturated heterocycles. The van der Waals surface area contributed by atoms with E-state index in [1.807, 2.05) is 19.1 Å². The van der Waals surface area contributed by atoms with Crippen molar-refractivity contribution >= 4 is 41.9 Å². The van der Waals surface area contributed by atoms with Gasteiger partial charge < -0.3 is 20.4 Å². The normalized spacial score (nSPS) is 23.0. The highest BCUT2D eigenvalue weighted by atomic mass is 127. The lowest BCUT2D eigenvalue weighted by atomic mass is 9.99. The first-order chi connectivity index (χ1) is 15.0. The van der Waals surface area contributed by atoms with Crippen molar-refractivity contribution in [3.8, 4) is 0 Å². The van der Waals surface area contributed by atoms with E-state index in [1.54, 1.807) is 20.2 Å². The lowest BCUT2D eigenvalue weighted by molar-refractivity contribution is -0.130. The predicted molar refractivity (Wildman–Crippen MR) is 135 cm³/mol. The molecular formula is C22H37IN6O3. The van der Waals surface area contributed by atoms with E-state index < -0.39 is 5.54 Å². The molecule has 3 N–H and O–H groups in total. The van der Waals surface area contributed by atoms with Crippen LogP contribution in [0.2, 0.25) is 0 Å². The highest BCUT2D eigenvalue weighted by Gasteiger charge is 2.45. The summed E-state index contributed by atoms with van der Waals surface area (Å²) in [6.07, 6.45) is 6.66. The van der Waals surface area contributed by atoms with Crippen LogP contribution in [0, 0.1) is 0 Å². The van der Waals surface area contributed by atoms with Gasteiger partial charge in [-0.3, -0.25) is 19.6 Å². The summed E-state index contributed by atoms with van der Waals surface area (Å²) in [5.41, 5.74) is -0.780. The number of piperidine rings is 1. The predicted octanol–water partition coefficient (Wildman–Crippen LogP) is 2.70. The molecule has 32 heavy (non-hydrogen) atoms. The number of amides is 3. The second-order valence-corrected chi connectivity index (χ2v) is 8.43. The van der Waals surface area contributed by atoms with Gasteiger partial charge in [-0.25, -0.2) is 4.79 Å². The van der Waals surface area contributed by atoms with E-state index in [9.17, 15) is 9.59 Å². The molecule has 0 saturated carbocycles. The number of nitrogens with one attached hydrogen (secondary N) is 3. The second kappa shape index (κ2) is 12.4. The van der Waals surface area contributed by atoms with Crippen LogP contribution in [0.1, 0.15) is 57.8 Å². The minimum atomic E-state index is -0.780. The average molecular weight is 560 g/mol. The third-order valence-electron chi connectivity index (χ3n) is 6.29. The first kappa shape index (κ1) is 26.4. The van der Waals surface area contributed by atoms with E-state index in [0.717, 1.165) is 18.8 Å². The molecule has 10 heteroatoms. The largest absolute Gasteiger partial charge is 0.468 e. The maximum Gasteiger partial charge on any atom is 0.325 e. The lowest BCUT2D eigenvalue weighted by Gasteiger charge is -2.33. The Kier molecular flexibility index (Phi) is 10.3. The number of furan rings is 1. The van der Waals surface area contributed by atoms with Crippen LogP contribution >= 0.6 is 24.0 Å². The fourth-order valence-corrected chi connectivity index (χ4v) is 4.17. The molecule has 3 amide bonds. The number of carbonyl (C=O) groups is 2. The molecule has 0 aliphatic carbocycles. The smallest absolute Gasteiger partial charge is 0.325 e. The van der Waals surface area contributed by atoms with Crippen LogP contribution in [0.4, 0.5) is 4.79 Å². The van der Waals surface area contributed by atoms with Crippen LogP contribution in [0.25, 0.3) is 0 Å². The van der Waals surface area contributed by atoms with Gasteiger partial charge in [0.1, 0.15) is 11.3 Å². The highest BCUT2D eigenvalue weighted by Crippen LogP contribution is 2.24. The number of hydrogen-bond acceptors (Lipinski definition) is 5. The number of carbonyl (C=O) groups excluding carboxylic acids is 2. The molecule has 1 aromatic heterocycles. The Morgan fingerprint density at radius 2 is 2.03 bits per heavy atom. The summed E-state index contributed by atoms with van der Waals surface area (Å²) in [6, 6.07) is 3.81. The summed E-state index contributed by atoms with van der Waals surface area (Å²) in [4.78, 5) is 32.7. The van der Waals surface area contributed by atoms with Gasteiger partial charge in [0, 0.05) is 26.7 Å². The molecule has 0 bridgehead atoms. The minimum absolute atomic E-state index is 0. The van der Waals surface area contributed by atoms with E-state index in [1.165, 1.54) is 24.2 Å². The fourth-order valence-electron chi connectivity index (χ4n) is 4.17.